The van der Waals surface area contributed by atoms with Gasteiger partial charge in [0.15, 0.2) is 5.75 Å². The number of fused-ring (bicyclic) bond motifs is 2. The van der Waals surface area contributed by atoms with Crippen molar-refractivity contribution in [3.8, 4) is 5.75 Å². The molecule has 19 heavy (non-hydrogen) atoms. The lowest BCUT2D eigenvalue weighted by molar-refractivity contribution is -0.132. The van der Waals surface area contributed by atoms with Crippen molar-refractivity contribution in [2.75, 3.05) is 4.90 Å². The van der Waals surface area contributed by atoms with Crippen LogP contribution < -0.4 is 4.90 Å². The van der Waals surface area contributed by atoms with Crippen LogP contribution >= 0.6 is 23.2 Å². The minimum Gasteiger partial charge on any atom is -0.505 e. The number of aromatic hydroxyl groups is 1. The highest BCUT2D eigenvalue weighted by Crippen LogP contribution is 2.42. The second-order valence-corrected chi connectivity index (χ2v) is 5.79. The van der Waals surface area contributed by atoms with Gasteiger partial charge in [0.1, 0.15) is 0 Å². The molecular formula is C13H11Cl2NO3. The van der Waals surface area contributed by atoms with E-state index in [0.717, 1.165) is 17.7 Å². The summed E-state index contributed by atoms with van der Waals surface area (Å²) >= 11 is 11.7. The van der Waals surface area contributed by atoms with Gasteiger partial charge in [0.2, 0.25) is 11.8 Å². The Labute approximate surface area is 119 Å². The molecule has 4 nitrogen and oxygen atoms in total. The standard InChI is InChI=1S/C13H11Cl2NO3/c14-9-4-8(5-10(15)11(9)17)16-12(18)6-1-2-7(3-6)13(16)19/h4-7,17H,1-3H2. The van der Waals surface area contributed by atoms with E-state index in [1.54, 1.807) is 0 Å². The van der Waals surface area contributed by atoms with Gasteiger partial charge in [-0.15, -0.1) is 0 Å². The fourth-order valence-electron chi connectivity index (χ4n) is 2.84. The predicted molar refractivity (Wildman–Crippen MR) is 71.5 cm³/mol. The summed E-state index contributed by atoms with van der Waals surface area (Å²) in [6.07, 6.45) is 2.16. The third-order valence-electron chi connectivity index (χ3n) is 3.83. The molecule has 1 saturated carbocycles. The summed E-state index contributed by atoms with van der Waals surface area (Å²) < 4.78 is 0. The number of hydrogen-bond acceptors (Lipinski definition) is 3. The maximum Gasteiger partial charge on any atom is 0.236 e. The molecule has 6 heteroatoms. The lowest BCUT2D eigenvalue weighted by atomic mass is 9.96. The smallest absolute Gasteiger partial charge is 0.236 e. The van der Waals surface area contributed by atoms with Gasteiger partial charge < -0.3 is 5.11 Å². The Morgan fingerprint density at radius 2 is 1.53 bits per heavy atom. The van der Waals surface area contributed by atoms with Crippen LogP contribution in [0.25, 0.3) is 0 Å². The molecule has 2 fully saturated rings. The molecule has 1 saturated heterocycles. The molecule has 0 aromatic heterocycles. The largest absolute Gasteiger partial charge is 0.505 e. The van der Waals surface area contributed by atoms with E-state index in [-0.39, 0.29) is 39.4 Å². The van der Waals surface area contributed by atoms with Crippen molar-refractivity contribution >= 4 is 40.7 Å². The zero-order valence-electron chi connectivity index (χ0n) is 9.90. The highest BCUT2D eigenvalue weighted by Gasteiger charge is 2.46. The van der Waals surface area contributed by atoms with Crippen molar-refractivity contribution in [1.82, 2.24) is 0 Å². The van der Waals surface area contributed by atoms with Crippen LogP contribution in [-0.2, 0) is 9.59 Å². The van der Waals surface area contributed by atoms with Crippen molar-refractivity contribution in [2.45, 2.75) is 19.3 Å². The van der Waals surface area contributed by atoms with E-state index >= 15 is 0 Å². The van der Waals surface area contributed by atoms with E-state index in [4.69, 9.17) is 23.2 Å². The molecule has 1 aromatic carbocycles. The first-order valence-electron chi connectivity index (χ1n) is 6.05. The lowest BCUT2D eigenvalue weighted by Gasteiger charge is -2.29. The number of hydrogen-bond donors (Lipinski definition) is 1. The van der Waals surface area contributed by atoms with Crippen LogP contribution in [0.2, 0.25) is 10.0 Å². The van der Waals surface area contributed by atoms with Crippen molar-refractivity contribution in [2.24, 2.45) is 11.8 Å². The number of phenols is 1. The summed E-state index contributed by atoms with van der Waals surface area (Å²) in [4.78, 5) is 25.7. The quantitative estimate of drug-likeness (QED) is 0.811. The number of carbonyl (C=O) groups excluding carboxylic acids is 2. The van der Waals surface area contributed by atoms with Gasteiger partial charge in [0, 0.05) is 11.8 Å². The van der Waals surface area contributed by atoms with Gasteiger partial charge in [0.05, 0.1) is 15.7 Å². The van der Waals surface area contributed by atoms with Gasteiger partial charge in [-0.05, 0) is 31.4 Å². The summed E-state index contributed by atoms with van der Waals surface area (Å²) in [5, 5.41) is 9.58. The lowest BCUT2D eigenvalue weighted by Crippen LogP contribution is -2.46. The van der Waals surface area contributed by atoms with Gasteiger partial charge in [-0.1, -0.05) is 23.2 Å². The topological polar surface area (TPSA) is 57.6 Å². The van der Waals surface area contributed by atoms with Crippen LogP contribution in [0, 0.1) is 11.8 Å². The maximum absolute atomic E-state index is 12.3. The monoisotopic (exact) mass is 299 g/mol. The summed E-state index contributed by atoms with van der Waals surface area (Å²) in [6, 6.07) is 2.78. The number of piperidine rings is 1. The molecule has 1 N–H and O–H groups in total. The minimum atomic E-state index is -0.244. The van der Waals surface area contributed by atoms with Gasteiger partial charge in [-0.3, -0.25) is 9.59 Å². The molecule has 1 aromatic rings. The Kier molecular flexibility index (Phi) is 2.95. The van der Waals surface area contributed by atoms with E-state index in [1.807, 2.05) is 0 Å². The second-order valence-electron chi connectivity index (χ2n) is 4.98. The number of nitrogens with zero attached hydrogens (tertiary/aromatic N) is 1. The Hall–Kier alpha value is -1.26. The Bertz CT molecular complexity index is 542. The molecule has 2 atom stereocenters. The number of amides is 2. The van der Waals surface area contributed by atoms with E-state index in [2.05, 4.69) is 0 Å². The number of carbonyl (C=O) groups is 2. The van der Waals surface area contributed by atoms with Gasteiger partial charge in [-0.2, -0.15) is 0 Å². The SMILES string of the molecule is O=C1C2CCC(C2)C(=O)N1c1cc(Cl)c(O)c(Cl)c1. The molecular weight excluding hydrogens is 289 g/mol. The number of halogens is 2. The summed E-state index contributed by atoms with van der Waals surface area (Å²) in [5.74, 6) is -0.816. The highest BCUT2D eigenvalue weighted by molar-refractivity contribution is 6.38. The molecule has 1 aliphatic carbocycles. The van der Waals surface area contributed by atoms with Gasteiger partial charge in [0.25, 0.3) is 0 Å². The average molecular weight is 300 g/mol. The summed E-state index contributed by atoms with van der Waals surface area (Å²) in [6.45, 7) is 0. The molecule has 0 radical (unpaired) electrons. The molecule has 2 bridgehead atoms. The number of benzene rings is 1. The molecule has 1 aliphatic heterocycles. The van der Waals surface area contributed by atoms with Crippen molar-refractivity contribution in [3.63, 3.8) is 0 Å². The zero-order chi connectivity index (χ0) is 13.7. The molecule has 2 amide bonds. The normalized spacial score (nSPS) is 26.1. The Balaban J connectivity index is 2.06. The fourth-order valence-corrected chi connectivity index (χ4v) is 3.32. The van der Waals surface area contributed by atoms with Crippen molar-refractivity contribution in [3.05, 3.63) is 22.2 Å². The third-order valence-corrected chi connectivity index (χ3v) is 4.41. The molecule has 0 spiro atoms. The average Bonchev–Trinajstić information content (AvgIpc) is 2.81. The Morgan fingerprint density at radius 3 is 2.00 bits per heavy atom. The van der Waals surface area contributed by atoms with E-state index in [0.29, 0.717) is 12.1 Å². The zero-order valence-corrected chi connectivity index (χ0v) is 11.4. The van der Waals surface area contributed by atoms with Crippen LogP contribution in [0.4, 0.5) is 5.69 Å². The van der Waals surface area contributed by atoms with Crippen LogP contribution in [0.1, 0.15) is 19.3 Å². The first kappa shape index (κ1) is 12.8. The van der Waals surface area contributed by atoms with E-state index < -0.39 is 0 Å². The van der Waals surface area contributed by atoms with Crippen LogP contribution in [0.3, 0.4) is 0 Å². The second kappa shape index (κ2) is 4.39. The van der Waals surface area contributed by atoms with Crippen LogP contribution in [0.15, 0.2) is 12.1 Å². The van der Waals surface area contributed by atoms with Gasteiger partial charge >= 0.3 is 0 Å². The summed E-state index contributed by atoms with van der Waals surface area (Å²) in [5.41, 5.74) is 0.333. The van der Waals surface area contributed by atoms with Crippen LogP contribution in [-0.4, -0.2) is 16.9 Å². The molecule has 1 heterocycles. The maximum atomic E-state index is 12.3. The number of anilines is 1. The predicted octanol–water partition coefficient (Wildman–Crippen LogP) is 2.99. The third kappa shape index (κ3) is 1.90. The molecule has 2 aliphatic rings. The van der Waals surface area contributed by atoms with Crippen molar-refractivity contribution in [1.29, 1.82) is 0 Å². The molecule has 2 unspecified atom stereocenters. The first-order valence-corrected chi connectivity index (χ1v) is 6.80. The fraction of sp³-hybridized carbons (Fsp3) is 0.385. The highest BCUT2D eigenvalue weighted by atomic mass is 35.5. The number of rotatable bonds is 1. The summed E-state index contributed by atoms with van der Waals surface area (Å²) in [7, 11) is 0. The first-order chi connectivity index (χ1) is 8.99. The van der Waals surface area contributed by atoms with Crippen molar-refractivity contribution < 1.29 is 14.7 Å². The molecule has 3 rings (SSSR count). The van der Waals surface area contributed by atoms with Gasteiger partial charge in [-0.25, -0.2) is 4.90 Å². The van der Waals surface area contributed by atoms with E-state index in [1.165, 1.54) is 12.1 Å². The number of phenolic OH excluding ortho intramolecular Hbond substituents is 1. The van der Waals surface area contributed by atoms with Crippen LogP contribution in [0.5, 0.6) is 5.75 Å². The Morgan fingerprint density at radius 1 is 1.05 bits per heavy atom. The van der Waals surface area contributed by atoms with E-state index in [9.17, 15) is 14.7 Å². The number of imide groups is 1. The molecule has 100 valence electrons. The minimum absolute atomic E-state index is 0.0287.